The summed E-state index contributed by atoms with van der Waals surface area (Å²) in [5.74, 6) is 0.0163. The molecule has 0 fully saturated rings. The van der Waals surface area contributed by atoms with E-state index in [9.17, 15) is 18.0 Å². The van der Waals surface area contributed by atoms with Gasteiger partial charge >= 0.3 is 0 Å². The zero-order chi connectivity index (χ0) is 28.4. The largest absolute Gasteiger partial charge is 0.497 e. The average Bonchev–Trinajstić information content (AvgIpc) is 2.95. The molecule has 0 aromatic heterocycles. The van der Waals surface area contributed by atoms with Crippen molar-refractivity contribution in [2.24, 2.45) is 5.92 Å². The molecule has 3 rings (SSSR count). The fourth-order valence-corrected chi connectivity index (χ4v) is 5.53. The summed E-state index contributed by atoms with van der Waals surface area (Å²) in [5, 5.41) is 2.93. The highest BCUT2D eigenvalue weighted by atomic mass is 32.2. The SMILES string of the molecule is CCC(C(=O)NCC(C)C)N(Cc1ccccc1)C(=O)CN(c1ccccc1)S(=O)(=O)c1ccc(OC)cc1. The number of rotatable bonds is 13. The maximum absolute atomic E-state index is 14.0. The first-order valence-corrected chi connectivity index (χ1v) is 14.4. The summed E-state index contributed by atoms with van der Waals surface area (Å²) in [6.07, 6.45) is 0.374. The molecular formula is C30H37N3O5S. The molecule has 208 valence electrons. The molecule has 0 aliphatic heterocycles. The number of ether oxygens (including phenoxy) is 1. The zero-order valence-corrected chi connectivity index (χ0v) is 23.7. The lowest BCUT2D eigenvalue weighted by Gasteiger charge is -2.33. The molecule has 0 saturated heterocycles. The van der Waals surface area contributed by atoms with Gasteiger partial charge in [-0.3, -0.25) is 13.9 Å². The summed E-state index contributed by atoms with van der Waals surface area (Å²) in [7, 11) is -2.62. The second-order valence-corrected chi connectivity index (χ2v) is 11.5. The van der Waals surface area contributed by atoms with Gasteiger partial charge in [-0.2, -0.15) is 0 Å². The second kappa shape index (κ2) is 13.8. The summed E-state index contributed by atoms with van der Waals surface area (Å²) >= 11 is 0. The lowest BCUT2D eigenvalue weighted by atomic mass is 10.1. The van der Waals surface area contributed by atoms with Crippen LogP contribution in [0.1, 0.15) is 32.8 Å². The van der Waals surface area contributed by atoms with E-state index < -0.39 is 28.5 Å². The Hall–Kier alpha value is -3.85. The average molecular weight is 552 g/mol. The number of nitrogens with one attached hydrogen (secondary N) is 1. The molecule has 2 amide bonds. The number of nitrogens with zero attached hydrogens (tertiary/aromatic N) is 2. The third-order valence-corrected chi connectivity index (χ3v) is 8.02. The van der Waals surface area contributed by atoms with Crippen molar-refractivity contribution in [2.75, 3.05) is 24.5 Å². The van der Waals surface area contributed by atoms with E-state index in [-0.39, 0.29) is 23.3 Å². The number of hydrogen-bond acceptors (Lipinski definition) is 5. The minimum Gasteiger partial charge on any atom is -0.497 e. The van der Waals surface area contributed by atoms with Crippen LogP contribution in [0, 0.1) is 5.92 Å². The fourth-order valence-electron chi connectivity index (χ4n) is 4.12. The van der Waals surface area contributed by atoms with E-state index in [1.807, 2.05) is 51.1 Å². The number of benzene rings is 3. The van der Waals surface area contributed by atoms with Gasteiger partial charge in [0.05, 0.1) is 17.7 Å². The number of sulfonamides is 1. The van der Waals surface area contributed by atoms with Crippen molar-refractivity contribution in [2.45, 2.75) is 44.7 Å². The zero-order valence-electron chi connectivity index (χ0n) is 22.9. The second-order valence-electron chi connectivity index (χ2n) is 9.59. The molecule has 9 heteroatoms. The predicted molar refractivity (Wildman–Crippen MR) is 153 cm³/mol. The smallest absolute Gasteiger partial charge is 0.264 e. The van der Waals surface area contributed by atoms with Gasteiger partial charge in [-0.15, -0.1) is 0 Å². The van der Waals surface area contributed by atoms with E-state index in [0.717, 1.165) is 9.87 Å². The number of amides is 2. The first-order valence-electron chi connectivity index (χ1n) is 13.0. The Balaban J connectivity index is 2.00. The number of carbonyl (C=O) groups is 2. The number of methoxy groups -OCH3 is 1. The van der Waals surface area contributed by atoms with Gasteiger partial charge in [0.1, 0.15) is 18.3 Å². The molecule has 8 nitrogen and oxygen atoms in total. The number of para-hydroxylation sites is 1. The third-order valence-electron chi connectivity index (χ3n) is 6.24. The van der Waals surface area contributed by atoms with E-state index in [0.29, 0.717) is 24.4 Å². The Kier molecular flexibility index (Phi) is 10.5. The lowest BCUT2D eigenvalue weighted by Crippen LogP contribution is -2.52. The van der Waals surface area contributed by atoms with E-state index in [1.54, 1.807) is 42.5 Å². The minimum atomic E-state index is -4.12. The molecule has 3 aromatic carbocycles. The van der Waals surface area contributed by atoms with Crippen LogP contribution in [-0.2, 0) is 26.2 Å². The molecule has 1 unspecified atom stereocenters. The summed E-state index contributed by atoms with van der Waals surface area (Å²) in [6.45, 7) is 6.00. The minimum absolute atomic E-state index is 0.0243. The van der Waals surface area contributed by atoms with Gasteiger partial charge < -0.3 is 15.0 Å². The molecule has 39 heavy (non-hydrogen) atoms. The summed E-state index contributed by atoms with van der Waals surface area (Å²) in [5.41, 5.74) is 1.18. The molecule has 1 N–H and O–H groups in total. The Morgan fingerprint density at radius 1 is 0.897 bits per heavy atom. The number of carbonyl (C=O) groups excluding carboxylic acids is 2. The molecule has 0 spiro atoms. The molecule has 0 heterocycles. The Bertz CT molecular complexity index is 1310. The van der Waals surface area contributed by atoms with E-state index in [2.05, 4.69) is 5.32 Å². The highest BCUT2D eigenvalue weighted by molar-refractivity contribution is 7.92. The third kappa shape index (κ3) is 7.83. The van der Waals surface area contributed by atoms with E-state index in [1.165, 1.54) is 24.1 Å². The molecule has 0 bridgehead atoms. The first-order chi connectivity index (χ1) is 18.7. The Labute approximate surface area is 231 Å². The van der Waals surface area contributed by atoms with Crippen molar-refractivity contribution < 1.29 is 22.7 Å². The number of anilines is 1. The summed E-state index contributed by atoms with van der Waals surface area (Å²) in [6, 6.07) is 23.1. The van der Waals surface area contributed by atoms with Crippen LogP contribution < -0.4 is 14.4 Å². The topological polar surface area (TPSA) is 96.0 Å². The molecule has 0 aliphatic carbocycles. The van der Waals surface area contributed by atoms with Crippen LogP contribution >= 0.6 is 0 Å². The standard InChI is InChI=1S/C30H37N3O5S/c1-5-28(30(35)31-20-23(2)3)32(21-24-12-8-6-9-13-24)29(34)22-33(25-14-10-7-11-15-25)39(36,37)27-18-16-26(38-4)17-19-27/h6-19,23,28H,5,20-22H2,1-4H3,(H,31,35). The van der Waals surface area contributed by atoms with E-state index in [4.69, 9.17) is 4.74 Å². The Morgan fingerprint density at radius 2 is 1.49 bits per heavy atom. The van der Waals surface area contributed by atoms with Gasteiger partial charge in [-0.1, -0.05) is 69.3 Å². The van der Waals surface area contributed by atoms with Crippen molar-refractivity contribution in [3.8, 4) is 5.75 Å². The van der Waals surface area contributed by atoms with Crippen LogP contribution in [0.5, 0.6) is 5.75 Å². The lowest BCUT2D eigenvalue weighted by molar-refractivity contribution is -0.140. The van der Waals surface area contributed by atoms with Gasteiger partial charge in [-0.25, -0.2) is 8.42 Å². The summed E-state index contributed by atoms with van der Waals surface area (Å²) < 4.78 is 33.9. The summed E-state index contributed by atoms with van der Waals surface area (Å²) in [4.78, 5) is 28.7. The van der Waals surface area contributed by atoms with Gasteiger partial charge in [0.15, 0.2) is 0 Å². The van der Waals surface area contributed by atoms with Crippen molar-refractivity contribution in [3.05, 3.63) is 90.5 Å². The van der Waals surface area contributed by atoms with Crippen LogP contribution in [0.3, 0.4) is 0 Å². The van der Waals surface area contributed by atoms with Gasteiger partial charge in [0, 0.05) is 13.1 Å². The molecule has 3 aromatic rings. The fraction of sp³-hybridized carbons (Fsp3) is 0.333. The molecular weight excluding hydrogens is 514 g/mol. The maximum Gasteiger partial charge on any atom is 0.264 e. The van der Waals surface area contributed by atoms with E-state index >= 15 is 0 Å². The molecule has 1 atom stereocenters. The molecule has 0 radical (unpaired) electrons. The van der Waals surface area contributed by atoms with Gasteiger partial charge in [-0.05, 0) is 54.3 Å². The van der Waals surface area contributed by atoms with Crippen molar-refractivity contribution in [1.82, 2.24) is 10.2 Å². The first kappa shape index (κ1) is 29.7. The molecule has 0 saturated carbocycles. The van der Waals surface area contributed by atoms with Crippen molar-refractivity contribution in [1.29, 1.82) is 0 Å². The van der Waals surface area contributed by atoms with Crippen LogP contribution in [0.15, 0.2) is 89.8 Å². The highest BCUT2D eigenvalue weighted by Gasteiger charge is 2.33. The van der Waals surface area contributed by atoms with Crippen LogP contribution in [0.25, 0.3) is 0 Å². The molecule has 0 aliphatic rings. The maximum atomic E-state index is 14.0. The van der Waals surface area contributed by atoms with Gasteiger partial charge in [0.2, 0.25) is 11.8 Å². The normalized spacial score (nSPS) is 12.0. The highest BCUT2D eigenvalue weighted by Crippen LogP contribution is 2.26. The van der Waals surface area contributed by atoms with Crippen molar-refractivity contribution >= 4 is 27.5 Å². The van der Waals surface area contributed by atoms with Gasteiger partial charge in [0.25, 0.3) is 10.0 Å². The Morgan fingerprint density at radius 3 is 2.03 bits per heavy atom. The monoisotopic (exact) mass is 551 g/mol. The quantitative estimate of drug-likeness (QED) is 0.338. The number of hydrogen-bond donors (Lipinski definition) is 1. The van der Waals surface area contributed by atoms with Crippen LogP contribution in [0.4, 0.5) is 5.69 Å². The van der Waals surface area contributed by atoms with Crippen LogP contribution in [0.2, 0.25) is 0 Å². The van der Waals surface area contributed by atoms with Crippen molar-refractivity contribution in [3.63, 3.8) is 0 Å². The predicted octanol–water partition coefficient (Wildman–Crippen LogP) is 4.47. The van der Waals surface area contributed by atoms with Crippen LogP contribution in [-0.4, -0.2) is 51.4 Å².